The van der Waals surface area contributed by atoms with Crippen LogP contribution in [0, 0.1) is 0 Å². The number of hydrogen-bond acceptors (Lipinski definition) is 6. The Hall–Kier alpha value is -2.29. The molecule has 2 heterocycles. The third kappa shape index (κ3) is 3.97. The van der Waals surface area contributed by atoms with E-state index in [4.69, 9.17) is 5.73 Å². The topological polar surface area (TPSA) is 109 Å². The van der Waals surface area contributed by atoms with Crippen LogP contribution in [0.5, 0.6) is 0 Å². The third-order valence-electron chi connectivity index (χ3n) is 3.80. The van der Waals surface area contributed by atoms with Gasteiger partial charge in [-0.3, -0.25) is 9.59 Å². The summed E-state index contributed by atoms with van der Waals surface area (Å²) in [7, 11) is 0. The molecule has 0 saturated carbocycles. The molecular formula is C16H19N5O2S. The number of aromatic nitrogens is 1. The van der Waals surface area contributed by atoms with Crippen LogP contribution >= 0.6 is 11.3 Å². The Balaban J connectivity index is 1.56. The first-order valence-corrected chi connectivity index (χ1v) is 8.58. The van der Waals surface area contributed by atoms with Gasteiger partial charge in [-0.15, -0.1) is 11.3 Å². The fraction of sp³-hybridized carbons (Fsp3) is 0.312. The molecule has 1 aliphatic heterocycles. The highest BCUT2D eigenvalue weighted by Crippen LogP contribution is 2.24. The second kappa shape index (κ2) is 7.52. The van der Waals surface area contributed by atoms with Gasteiger partial charge in [-0.1, -0.05) is 30.3 Å². The van der Waals surface area contributed by atoms with Crippen LogP contribution in [0.15, 0.2) is 35.7 Å². The van der Waals surface area contributed by atoms with Crippen LogP contribution in [-0.2, 0) is 9.59 Å². The molecule has 2 atom stereocenters. The van der Waals surface area contributed by atoms with Gasteiger partial charge in [0, 0.05) is 23.5 Å². The minimum Gasteiger partial charge on any atom is -0.351 e. The lowest BCUT2D eigenvalue weighted by Gasteiger charge is -2.11. The van der Waals surface area contributed by atoms with Crippen molar-refractivity contribution >= 4 is 28.3 Å². The molecule has 2 aromatic rings. The largest absolute Gasteiger partial charge is 0.351 e. The number of hydrogen-bond donors (Lipinski definition) is 4. The summed E-state index contributed by atoms with van der Waals surface area (Å²) in [5.41, 5.74) is 7.13. The summed E-state index contributed by atoms with van der Waals surface area (Å²) in [6.07, 6.45) is 0.536. The maximum Gasteiger partial charge on any atom is 0.243 e. The Morgan fingerprint density at radius 1 is 1.33 bits per heavy atom. The van der Waals surface area contributed by atoms with Crippen molar-refractivity contribution in [3.8, 4) is 11.3 Å². The van der Waals surface area contributed by atoms with Crippen LogP contribution in [0.2, 0.25) is 0 Å². The Bertz CT molecular complexity index is 718. The van der Waals surface area contributed by atoms with E-state index < -0.39 is 0 Å². The molecule has 126 valence electrons. The quantitative estimate of drug-likeness (QED) is 0.633. The fourth-order valence-electron chi connectivity index (χ4n) is 2.60. The summed E-state index contributed by atoms with van der Waals surface area (Å²) in [6.45, 7) is 0.506. The lowest BCUT2D eigenvalue weighted by molar-refractivity contribution is -0.121. The molecule has 0 aliphatic carbocycles. The standard InChI is InChI=1S/C16H19N5O2S/c17-7-14(22)19-11-6-12(18-8-11)15(23)21-16-20-13(9-24-16)10-4-2-1-3-5-10/h1-5,9,11-12,18H,6-8,17H2,(H,19,22)(H,20,21,23). The van der Waals surface area contributed by atoms with E-state index in [1.165, 1.54) is 11.3 Å². The van der Waals surface area contributed by atoms with Crippen molar-refractivity contribution in [1.82, 2.24) is 15.6 Å². The van der Waals surface area contributed by atoms with Crippen molar-refractivity contribution in [2.24, 2.45) is 5.73 Å². The van der Waals surface area contributed by atoms with Crippen molar-refractivity contribution in [3.05, 3.63) is 35.7 Å². The second-order valence-electron chi connectivity index (χ2n) is 5.56. The average molecular weight is 345 g/mol. The van der Waals surface area contributed by atoms with E-state index in [1.54, 1.807) is 0 Å². The van der Waals surface area contributed by atoms with Crippen molar-refractivity contribution in [1.29, 1.82) is 0 Å². The molecule has 24 heavy (non-hydrogen) atoms. The molecule has 0 bridgehead atoms. The molecule has 7 nitrogen and oxygen atoms in total. The van der Waals surface area contributed by atoms with Crippen LogP contribution < -0.4 is 21.7 Å². The van der Waals surface area contributed by atoms with Gasteiger partial charge in [0.25, 0.3) is 0 Å². The zero-order valence-corrected chi connectivity index (χ0v) is 13.8. The van der Waals surface area contributed by atoms with Gasteiger partial charge >= 0.3 is 0 Å². The van der Waals surface area contributed by atoms with E-state index in [2.05, 4.69) is 20.9 Å². The van der Waals surface area contributed by atoms with Gasteiger partial charge in [0.2, 0.25) is 11.8 Å². The maximum atomic E-state index is 12.3. The van der Waals surface area contributed by atoms with Gasteiger partial charge in [0.05, 0.1) is 18.3 Å². The van der Waals surface area contributed by atoms with E-state index in [0.29, 0.717) is 18.1 Å². The third-order valence-corrected chi connectivity index (χ3v) is 4.56. The second-order valence-corrected chi connectivity index (χ2v) is 6.42. The Morgan fingerprint density at radius 2 is 2.12 bits per heavy atom. The summed E-state index contributed by atoms with van der Waals surface area (Å²) in [6, 6.07) is 9.37. The van der Waals surface area contributed by atoms with E-state index in [1.807, 2.05) is 35.7 Å². The number of benzene rings is 1. The molecule has 2 amide bonds. The summed E-state index contributed by atoms with van der Waals surface area (Å²) >= 11 is 1.39. The van der Waals surface area contributed by atoms with Gasteiger partial charge in [0.15, 0.2) is 5.13 Å². The minimum atomic E-state index is -0.350. The first kappa shape index (κ1) is 16.6. The fourth-order valence-corrected chi connectivity index (χ4v) is 3.32. The van der Waals surface area contributed by atoms with Crippen LogP contribution in [0.25, 0.3) is 11.3 Å². The van der Waals surface area contributed by atoms with Crippen LogP contribution in [0.3, 0.4) is 0 Å². The molecule has 8 heteroatoms. The average Bonchev–Trinajstić information content (AvgIpc) is 3.25. The zero-order valence-electron chi connectivity index (χ0n) is 13.0. The zero-order chi connectivity index (χ0) is 16.9. The number of anilines is 1. The monoisotopic (exact) mass is 345 g/mol. The van der Waals surface area contributed by atoms with Gasteiger partial charge in [0.1, 0.15) is 0 Å². The highest BCUT2D eigenvalue weighted by Gasteiger charge is 2.30. The van der Waals surface area contributed by atoms with Crippen molar-refractivity contribution in [2.75, 3.05) is 18.4 Å². The van der Waals surface area contributed by atoms with E-state index in [-0.39, 0.29) is 30.4 Å². The van der Waals surface area contributed by atoms with E-state index in [0.717, 1.165) is 11.3 Å². The highest BCUT2D eigenvalue weighted by atomic mass is 32.1. The van der Waals surface area contributed by atoms with Gasteiger partial charge in [-0.25, -0.2) is 4.98 Å². The molecule has 0 radical (unpaired) electrons. The molecule has 1 fully saturated rings. The summed E-state index contributed by atoms with van der Waals surface area (Å²) in [5, 5.41) is 11.2. The number of rotatable bonds is 5. The van der Waals surface area contributed by atoms with Crippen molar-refractivity contribution < 1.29 is 9.59 Å². The molecule has 1 aromatic carbocycles. The lowest BCUT2D eigenvalue weighted by atomic mass is 10.1. The Labute approximate surface area is 143 Å². The van der Waals surface area contributed by atoms with E-state index in [9.17, 15) is 9.59 Å². The molecule has 1 aliphatic rings. The Morgan fingerprint density at radius 3 is 2.88 bits per heavy atom. The van der Waals surface area contributed by atoms with Gasteiger partial charge in [-0.05, 0) is 6.42 Å². The smallest absolute Gasteiger partial charge is 0.243 e. The predicted octanol–water partition coefficient (Wildman–Crippen LogP) is 0.554. The van der Waals surface area contributed by atoms with Crippen LogP contribution in [0.1, 0.15) is 6.42 Å². The number of carbonyl (C=O) groups excluding carboxylic acids is 2. The molecule has 1 aromatic heterocycles. The molecule has 0 spiro atoms. The first-order valence-electron chi connectivity index (χ1n) is 7.70. The highest BCUT2D eigenvalue weighted by molar-refractivity contribution is 7.14. The number of nitrogens with two attached hydrogens (primary N) is 1. The van der Waals surface area contributed by atoms with E-state index >= 15 is 0 Å². The predicted molar refractivity (Wildman–Crippen MR) is 93.6 cm³/mol. The van der Waals surface area contributed by atoms with Crippen LogP contribution in [-0.4, -0.2) is 42.0 Å². The Kier molecular flexibility index (Phi) is 5.19. The minimum absolute atomic E-state index is 0.0469. The maximum absolute atomic E-state index is 12.3. The summed E-state index contributed by atoms with van der Waals surface area (Å²) < 4.78 is 0. The number of nitrogens with zero attached hydrogens (tertiary/aromatic N) is 1. The molecule has 5 N–H and O–H groups in total. The number of amides is 2. The van der Waals surface area contributed by atoms with Crippen molar-refractivity contribution in [3.63, 3.8) is 0 Å². The summed E-state index contributed by atoms with van der Waals surface area (Å²) in [5.74, 6) is -0.358. The number of carbonyl (C=O) groups is 2. The number of thiazole rings is 1. The SMILES string of the molecule is NCC(=O)NC1CNC(C(=O)Nc2nc(-c3ccccc3)cs2)C1. The molecular weight excluding hydrogens is 326 g/mol. The normalized spacial score (nSPS) is 19.9. The van der Waals surface area contributed by atoms with Gasteiger partial charge in [-0.2, -0.15) is 0 Å². The molecule has 3 rings (SSSR count). The van der Waals surface area contributed by atoms with Gasteiger partial charge < -0.3 is 21.7 Å². The lowest BCUT2D eigenvalue weighted by Crippen LogP contribution is -2.39. The summed E-state index contributed by atoms with van der Waals surface area (Å²) in [4.78, 5) is 28.1. The molecule has 1 saturated heterocycles. The molecule has 2 unspecified atom stereocenters. The van der Waals surface area contributed by atoms with Crippen molar-refractivity contribution in [2.45, 2.75) is 18.5 Å². The number of nitrogens with one attached hydrogen (secondary N) is 3. The first-order chi connectivity index (χ1) is 11.7. The van der Waals surface area contributed by atoms with Crippen LogP contribution in [0.4, 0.5) is 5.13 Å².